The Morgan fingerprint density at radius 2 is 2.11 bits per heavy atom. The molecule has 0 spiro atoms. The van der Waals surface area contributed by atoms with Gasteiger partial charge in [-0.25, -0.2) is 9.37 Å². The molecular weight excluding hydrogens is 368 g/mol. The lowest BCUT2D eigenvalue weighted by molar-refractivity contribution is 0.627. The molecule has 90 valence electrons. The van der Waals surface area contributed by atoms with Crippen molar-refractivity contribution in [2.75, 3.05) is 5.32 Å². The van der Waals surface area contributed by atoms with E-state index in [1.165, 1.54) is 18.2 Å². The number of halogens is 3. The number of nitrogens with zero attached hydrogens (tertiary/aromatic N) is 2. The molecule has 0 fully saturated rings. The Labute approximate surface area is 122 Å². The third-order valence-corrected chi connectivity index (χ3v) is 3.20. The Kier molecular flexibility index (Phi) is 3.99. The maximum atomic E-state index is 13.0. The van der Waals surface area contributed by atoms with Crippen LogP contribution in [0, 0.1) is 20.7 Å². The minimum atomic E-state index is -0.304. The van der Waals surface area contributed by atoms with Crippen LogP contribution in [0.5, 0.6) is 0 Å². The van der Waals surface area contributed by atoms with E-state index < -0.39 is 0 Å². The van der Waals surface area contributed by atoms with Crippen LogP contribution < -0.4 is 5.32 Å². The number of hydrogen-bond donors (Lipinski definition) is 1. The molecule has 6 heteroatoms. The number of nitriles is 1. The lowest BCUT2D eigenvalue weighted by Crippen LogP contribution is -1.97. The van der Waals surface area contributed by atoms with E-state index in [9.17, 15) is 4.39 Å². The molecule has 2 rings (SSSR count). The van der Waals surface area contributed by atoms with Gasteiger partial charge in [0.05, 0.1) is 17.3 Å². The first-order valence-electron chi connectivity index (χ1n) is 4.88. The molecular formula is C12H6ClFIN3. The minimum absolute atomic E-state index is 0.230. The highest BCUT2D eigenvalue weighted by atomic mass is 127. The highest BCUT2D eigenvalue weighted by Crippen LogP contribution is 2.24. The minimum Gasteiger partial charge on any atom is -0.339 e. The monoisotopic (exact) mass is 373 g/mol. The molecule has 3 nitrogen and oxygen atoms in total. The van der Waals surface area contributed by atoms with E-state index >= 15 is 0 Å². The fourth-order valence-electron chi connectivity index (χ4n) is 1.35. The molecule has 2 aromatic rings. The topological polar surface area (TPSA) is 48.7 Å². The SMILES string of the molecule is N#Cc1cc(Cl)nc(Nc2ccc(F)cc2I)c1. The zero-order valence-electron chi connectivity index (χ0n) is 8.92. The Morgan fingerprint density at radius 1 is 1.33 bits per heavy atom. The summed E-state index contributed by atoms with van der Waals surface area (Å²) < 4.78 is 13.7. The molecule has 0 saturated heterocycles. The van der Waals surface area contributed by atoms with Crippen molar-refractivity contribution in [3.63, 3.8) is 0 Å². The molecule has 1 aromatic carbocycles. The summed E-state index contributed by atoms with van der Waals surface area (Å²) in [5.74, 6) is 0.144. The highest BCUT2D eigenvalue weighted by molar-refractivity contribution is 14.1. The third-order valence-electron chi connectivity index (χ3n) is 2.12. The van der Waals surface area contributed by atoms with Crippen molar-refractivity contribution >= 4 is 45.7 Å². The Hall–Kier alpha value is -1.39. The van der Waals surface area contributed by atoms with Gasteiger partial charge in [0, 0.05) is 3.57 Å². The first-order valence-corrected chi connectivity index (χ1v) is 6.34. The molecule has 0 amide bonds. The zero-order chi connectivity index (χ0) is 13.1. The van der Waals surface area contributed by atoms with E-state index in [1.54, 1.807) is 12.1 Å². The first kappa shape index (κ1) is 13.1. The molecule has 0 aliphatic rings. The number of pyridine rings is 1. The smallest absolute Gasteiger partial charge is 0.133 e. The molecule has 0 unspecified atom stereocenters. The lowest BCUT2D eigenvalue weighted by Gasteiger charge is -2.08. The van der Waals surface area contributed by atoms with Gasteiger partial charge in [0.15, 0.2) is 0 Å². The normalized spacial score (nSPS) is 9.89. The molecule has 1 aromatic heterocycles. The molecule has 0 aliphatic carbocycles. The second-order valence-corrected chi connectivity index (χ2v) is 4.97. The number of aromatic nitrogens is 1. The van der Waals surface area contributed by atoms with Crippen molar-refractivity contribution in [2.45, 2.75) is 0 Å². The lowest BCUT2D eigenvalue weighted by atomic mass is 10.2. The van der Waals surface area contributed by atoms with E-state index in [4.69, 9.17) is 16.9 Å². The largest absolute Gasteiger partial charge is 0.339 e. The molecule has 0 aliphatic heterocycles. The van der Waals surface area contributed by atoms with Gasteiger partial charge < -0.3 is 5.32 Å². The fourth-order valence-corrected chi connectivity index (χ4v) is 2.18. The van der Waals surface area contributed by atoms with E-state index in [0.29, 0.717) is 20.6 Å². The van der Waals surface area contributed by atoms with Crippen molar-refractivity contribution in [3.05, 3.63) is 50.4 Å². The second-order valence-electron chi connectivity index (χ2n) is 3.42. The van der Waals surface area contributed by atoms with Crippen LogP contribution in [0.1, 0.15) is 5.56 Å². The van der Waals surface area contributed by atoms with Crippen LogP contribution in [0.25, 0.3) is 0 Å². The van der Waals surface area contributed by atoms with Crippen LogP contribution in [0.2, 0.25) is 5.15 Å². The summed E-state index contributed by atoms with van der Waals surface area (Å²) in [6, 6.07) is 9.39. The Morgan fingerprint density at radius 3 is 2.78 bits per heavy atom. The van der Waals surface area contributed by atoms with E-state index in [2.05, 4.69) is 10.3 Å². The van der Waals surface area contributed by atoms with Gasteiger partial charge in [0.25, 0.3) is 0 Å². The quantitative estimate of drug-likeness (QED) is 0.637. The zero-order valence-corrected chi connectivity index (χ0v) is 11.8. The van der Waals surface area contributed by atoms with Crippen molar-refractivity contribution in [1.29, 1.82) is 5.26 Å². The summed E-state index contributed by atoms with van der Waals surface area (Å²) >= 11 is 7.81. The molecule has 0 bridgehead atoms. The van der Waals surface area contributed by atoms with Crippen LogP contribution in [0.3, 0.4) is 0 Å². The van der Waals surface area contributed by atoms with Gasteiger partial charge in [-0.2, -0.15) is 5.26 Å². The van der Waals surface area contributed by atoms with Gasteiger partial charge in [-0.1, -0.05) is 11.6 Å². The summed E-state index contributed by atoms with van der Waals surface area (Å²) in [6.07, 6.45) is 0. The van der Waals surface area contributed by atoms with Crippen LogP contribution in [-0.4, -0.2) is 4.98 Å². The number of rotatable bonds is 2. The van der Waals surface area contributed by atoms with E-state index in [1.807, 2.05) is 28.7 Å². The van der Waals surface area contributed by atoms with Crippen LogP contribution >= 0.6 is 34.2 Å². The number of hydrogen-bond acceptors (Lipinski definition) is 3. The van der Waals surface area contributed by atoms with Crippen LogP contribution in [-0.2, 0) is 0 Å². The maximum Gasteiger partial charge on any atom is 0.133 e. The van der Waals surface area contributed by atoms with E-state index in [0.717, 1.165) is 0 Å². The predicted molar refractivity (Wildman–Crippen MR) is 76.4 cm³/mol. The van der Waals surface area contributed by atoms with E-state index in [-0.39, 0.29) is 11.0 Å². The van der Waals surface area contributed by atoms with Gasteiger partial charge in [0.2, 0.25) is 0 Å². The number of benzene rings is 1. The summed E-state index contributed by atoms with van der Waals surface area (Å²) in [6.45, 7) is 0. The maximum absolute atomic E-state index is 13.0. The van der Waals surface area contributed by atoms with Crippen molar-refractivity contribution in [2.24, 2.45) is 0 Å². The highest BCUT2D eigenvalue weighted by Gasteiger charge is 2.05. The summed E-state index contributed by atoms with van der Waals surface area (Å²) in [7, 11) is 0. The van der Waals surface area contributed by atoms with Gasteiger partial charge in [0.1, 0.15) is 16.8 Å². The van der Waals surface area contributed by atoms with Gasteiger partial charge in [-0.15, -0.1) is 0 Å². The fraction of sp³-hybridized carbons (Fsp3) is 0. The molecule has 0 radical (unpaired) electrons. The summed E-state index contributed by atoms with van der Waals surface area (Å²) in [4.78, 5) is 4.05. The first-order chi connectivity index (χ1) is 8.58. The molecule has 18 heavy (non-hydrogen) atoms. The standard InChI is InChI=1S/C12H6ClFIN3/c13-11-3-7(6-16)4-12(18-11)17-10-2-1-8(14)5-9(10)15/h1-5H,(H,17,18). The van der Waals surface area contributed by atoms with Crippen molar-refractivity contribution < 1.29 is 4.39 Å². The summed E-state index contributed by atoms with van der Waals surface area (Å²) in [5.41, 5.74) is 1.12. The van der Waals surface area contributed by atoms with Crippen molar-refractivity contribution in [3.8, 4) is 6.07 Å². The van der Waals surface area contributed by atoms with Crippen molar-refractivity contribution in [1.82, 2.24) is 4.98 Å². The molecule has 0 saturated carbocycles. The average molecular weight is 374 g/mol. The molecule has 1 heterocycles. The van der Waals surface area contributed by atoms with Crippen LogP contribution in [0.4, 0.5) is 15.9 Å². The Balaban J connectivity index is 2.34. The van der Waals surface area contributed by atoms with Gasteiger partial charge in [-0.3, -0.25) is 0 Å². The third kappa shape index (κ3) is 3.09. The summed E-state index contributed by atoms with van der Waals surface area (Å²) in [5, 5.41) is 12.1. The van der Waals surface area contributed by atoms with Crippen LogP contribution in [0.15, 0.2) is 30.3 Å². The average Bonchev–Trinajstić information content (AvgIpc) is 2.32. The molecule has 0 atom stereocenters. The predicted octanol–water partition coefficient (Wildman–Crippen LogP) is 4.09. The Bertz CT molecular complexity index is 640. The van der Waals surface area contributed by atoms with Gasteiger partial charge in [-0.05, 0) is 52.9 Å². The number of nitrogens with one attached hydrogen (secondary N) is 1. The number of anilines is 2. The molecule has 1 N–H and O–H groups in total. The van der Waals surface area contributed by atoms with Gasteiger partial charge >= 0.3 is 0 Å². The second kappa shape index (κ2) is 5.50.